The summed E-state index contributed by atoms with van der Waals surface area (Å²) in [5.74, 6) is 1.41. The Labute approximate surface area is 167 Å². The van der Waals surface area contributed by atoms with Gasteiger partial charge in [-0.2, -0.15) is 0 Å². The topological polar surface area (TPSA) is 50.8 Å². The van der Waals surface area contributed by atoms with Gasteiger partial charge in [0, 0.05) is 18.3 Å². The van der Waals surface area contributed by atoms with Gasteiger partial charge in [-0.3, -0.25) is 4.79 Å². The number of carbonyl (C=O) groups is 1. The van der Waals surface area contributed by atoms with Crippen LogP contribution in [0.2, 0.25) is 0 Å². The summed E-state index contributed by atoms with van der Waals surface area (Å²) in [5, 5.41) is 3.86. The lowest BCUT2D eigenvalue weighted by atomic mass is 9.92. The molecule has 1 atom stereocenters. The lowest BCUT2D eigenvalue weighted by Crippen LogP contribution is -2.45. The van der Waals surface area contributed by atoms with Crippen molar-refractivity contribution < 1.29 is 14.3 Å². The van der Waals surface area contributed by atoms with Gasteiger partial charge in [-0.15, -0.1) is 0 Å². The highest BCUT2D eigenvalue weighted by Gasteiger charge is 2.31. The van der Waals surface area contributed by atoms with E-state index in [0.29, 0.717) is 23.0 Å². The van der Waals surface area contributed by atoms with Crippen molar-refractivity contribution in [1.29, 1.82) is 0 Å². The second-order valence-electron chi connectivity index (χ2n) is 6.82. The molecule has 148 valence electrons. The molecule has 0 amide bonds. The number of allylic oxidation sites excluding steroid dienone is 1. The minimum Gasteiger partial charge on any atom is -0.493 e. The number of hydrogen-bond donors (Lipinski definition) is 1. The Balaban J connectivity index is 2.25. The van der Waals surface area contributed by atoms with Crippen LogP contribution in [0, 0.1) is 0 Å². The third kappa shape index (κ3) is 5.01. The number of nitrogens with one attached hydrogen (secondary N) is 1. The van der Waals surface area contributed by atoms with E-state index in [9.17, 15) is 4.79 Å². The van der Waals surface area contributed by atoms with Gasteiger partial charge in [0.05, 0.1) is 19.8 Å². The maximum absolute atomic E-state index is 12.3. The minimum atomic E-state index is -0.293. The Kier molecular flexibility index (Phi) is 7.66. The van der Waals surface area contributed by atoms with E-state index in [2.05, 4.69) is 12.2 Å². The molecule has 1 aliphatic heterocycles. The van der Waals surface area contributed by atoms with Crippen molar-refractivity contribution in [3.05, 3.63) is 35.0 Å². The summed E-state index contributed by atoms with van der Waals surface area (Å²) in [6.45, 7) is 6.36. The Hall–Kier alpha value is -2.08. The summed E-state index contributed by atoms with van der Waals surface area (Å²) in [6, 6.07) is 5.50. The number of hydrogen-bond acceptors (Lipinski definition) is 4. The molecular formula is C21H30N2O3S. The van der Waals surface area contributed by atoms with Crippen molar-refractivity contribution in [2.24, 2.45) is 0 Å². The number of thiocarbonyl (C=S) groups is 1. The van der Waals surface area contributed by atoms with E-state index in [-0.39, 0.29) is 11.8 Å². The first-order chi connectivity index (χ1) is 12.9. The zero-order valence-corrected chi connectivity index (χ0v) is 17.7. The smallest absolute Gasteiger partial charge is 0.173 e. The molecule has 0 saturated heterocycles. The van der Waals surface area contributed by atoms with Crippen molar-refractivity contribution in [1.82, 2.24) is 10.2 Å². The molecule has 27 heavy (non-hydrogen) atoms. The largest absolute Gasteiger partial charge is 0.493 e. The third-order valence-electron chi connectivity index (χ3n) is 4.91. The van der Waals surface area contributed by atoms with Crippen molar-refractivity contribution >= 4 is 23.1 Å². The highest BCUT2D eigenvalue weighted by molar-refractivity contribution is 7.80. The fourth-order valence-corrected chi connectivity index (χ4v) is 3.49. The first-order valence-corrected chi connectivity index (χ1v) is 9.88. The van der Waals surface area contributed by atoms with Gasteiger partial charge < -0.3 is 19.7 Å². The van der Waals surface area contributed by atoms with E-state index >= 15 is 0 Å². The number of benzene rings is 1. The van der Waals surface area contributed by atoms with Crippen LogP contribution in [-0.4, -0.2) is 36.6 Å². The van der Waals surface area contributed by atoms with E-state index in [1.165, 1.54) is 19.3 Å². The minimum absolute atomic E-state index is 0.0227. The molecule has 0 bridgehead atoms. The van der Waals surface area contributed by atoms with Crippen LogP contribution in [0.4, 0.5) is 0 Å². The number of carbonyl (C=O) groups excluding carboxylic acids is 1. The number of nitrogens with zero attached hydrogens (tertiary/aromatic N) is 1. The van der Waals surface area contributed by atoms with E-state index < -0.39 is 0 Å². The molecule has 1 aromatic rings. The van der Waals surface area contributed by atoms with Gasteiger partial charge in [-0.25, -0.2) is 0 Å². The fraction of sp³-hybridized carbons (Fsp3) is 0.524. The highest BCUT2D eigenvalue weighted by Crippen LogP contribution is 2.35. The highest BCUT2D eigenvalue weighted by atomic mass is 32.1. The van der Waals surface area contributed by atoms with Crippen molar-refractivity contribution in [3.8, 4) is 11.5 Å². The van der Waals surface area contributed by atoms with Crippen molar-refractivity contribution in [3.63, 3.8) is 0 Å². The summed E-state index contributed by atoms with van der Waals surface area (Å²) in [5.41, 5.74) is 2.50. The van der Waals surface area contributed by atoms with Crippen molar-refractivity contribution in [2.45, 2.75) is 52.5 Å². The van der Waals surface area contributed by atoms with Crippen LogP contribution in [0.25, 0.3) is 0 Å². The molecule has 0 radical (unpaired) electrons. The number of Topliss-reactive ketones (excluding diaryl/α,β-unsaturated/α-hetero) is 1. The van der Waals surface area contributed by atoms with Gasteiger partial charge in [0.2, 0.25) is 0 Å². The molecular weight excluding hydrogens is 360 g/mol. The Morgan fingerprint density at radius 3 is 2.63 bits per heavy atom. The lowest BCUT2D eigenvalue weighted by Gasteiger charge is -2.35. The third-order valence-corrected chi connectivity index (χ3v) is 5.30. The van der Waals surface area contributed by atoms with Gasteiger partial charge in [0.15, 0.2) is 22.4 Å². The van der Waals surface area contributed by atoms with E-state index in [1.807, 2.05) is 37.1 Å². The summed E-state index contributed by atoms with van der Waals surface area (Å²) in [4.78, 5) is 14.1. The van der Waals surface area contributed by atoms with Crippen molar-refractivity contribution in [2.75, 3.05) is 20.8 Å². The van der Waals surface area contributed by atoms with Gasteiger partial charge in [-0.1, -0.05) is 32.3 Å². The zero-order chi connectivity index (χ0) is 20.0. The summed E-state index contributed by atoms with van der Waals surface area (Å²) >= 11 is 5.41. The van der Waals surface area contributed by atoms with E-state index in [1.54, 1.807) is 14.0 Å². The zero-order valence-electron chi connectivity index (χ0n) is 16.9. The van der Waals surface area contributed by atoms with E-state index in [0.717, 1.165) is 23.4 Å². The van der Waals surface area contributed by atoms with Crippen LogP contribution in [-0.2, 0) is 4.79 Å². The normalized spacial score (nSPS) is 17.0. The molecule has 1 aliphatic rings. The standard InChI is InChI=1S/C21H30N2O3S/c1-6-7-8-9-12-26-17-11-10-16(13-18(17)25-5)20-19(15(3)24)14(2)23(4)21(27)22-20/h10-11,13,20H,6-9,12H2,1-5H3,(H,22,27). The predicted octanol–water partition coefficient (Wildman–Crippen LogP) is 4.38. The van der Waals surface area contributed by atoms with Crippen LogP contribution >= 0.6 is 12.2 Å². The Bertz CT molecular complexity index is 730. The number of methoxy groups -OCH3 is 1. The summed E-state index contributed by atoms with van der Waals surface area (Å²) in [7, 11) is 3.49. The van der Waals surface area contributed by atoms with Gasteiger partial charge >= 0.3 is 0 Å². The second kappa shape index (κ2) is 9.74. The Morgan fingerprint density at radius 2 is 2.00 bits per heavy atom. The number of ketones is 1. The molecule has 0 aromatic heterocycles. The molecule has 1 aromatic carbocycles. The van der Waals surface area contributed by atoms with Gasteiger partial charge in [0.1, 0.15) is 0 Å². The molecule has 1 N–H and O–H groups in total. The number of unbranched alkanes of at least 4 members (excludes halogenated alkanes) is 3. The maximum Gasteiger partial charge on any atom is 0.173 e. The predicted molar refractivity (Wildman–Crippen MR) is 112 cm³/mol. The van der Waals surface area contributed by atoms with Crippen LogP contribution in [0.1, 0.15) is 58.1 Å². The molecule has 1 unspecified atom stereocenters. The molecule has 0 fully saturated rings. The Morgan fingerprint density at radius 1 is 1.26 bits per heavy atom. The lowest BCUT2D eigenvalue weighted by molar-refractivity contribution is -0.114. The molecule has 2 rings (SSSR count). The molecule has 0 aliphatic carbocycles. The average molecular weight is 391 g/mol. The first kappa shape index (κ1) is 21.2. The van der Waals surface area contributed by atoms with Crippen LogP contribution in [0.15, 0.2) is 29.5 Å². The molecule has 6 heteroatoms. The van der Waals surface area contributed by atoms with Gasteiger partial charge in [0.25, 0.3) is 0 Å². The molecule has 0 saturated carbocycles. The average Bonchev–Trinajstić information content (AvgIpc) is 2.65. The summed E-state index contributed by atoms with van der Waals surface area (Å²) < 4.78 is 11.4. The number of ether oxygens (including phenoxy) is 2. The quantitative estimate of drug-likeness (QED) is 0.499. The SMILES string of the molecule is CCCCCCOc1ccc(C2NC(=S)N(C)C(C)=C2C(C)=O)cc1OC. The molecule has 0 spiro atoms. The fourth-order valence-electron chi connectivity index (χ4n) is 3.24. The number of rotatable bonds is 9. The first-order valence-electron chi connectivity index (χ1n) is 9.47. The monoisotopic (exact) mass is 390 g/mol. The van der Waals surface area contributed by atoms with Crippen LogP contribution in [0.5, 0.6) is 11.5 Å². The van der Waals surface area contributed by atoms with E-state index in [4.69, 9.17) is 21.7 Å². The van der Waals surface area contributed by atoms with Crippen LogP contribution < -0.4 is 14.8 Å². The molecule has 1 heterocycles. The second-order valence-corrected chi connectivity index (χ2v) is 7.20. The van der Waals surface area contributed by atoms with Crippen LogP contribution in [0.3, 0.4) is 0 Å². The van der Waals surface area contributed by atoms with Gasteiger partial charge in [-0.05, 0) is 50.2 Å². The summed E-state index contributed by atoms with van der Waals surface area (Å²) in [6.07, 6.45) is 4.62. The molecule has 5 nitrogen and oxygen atoms in total. The maximum atomic E-state index is 12.3.